The molecule has 0 aliphatic carbocycles. The highest BCUT2D eigenvalue weighted by Crippen LogP contribution is 2.31. The van der Waals surface area contributed by atoms with Gasteiger partial charge in [-0.25, -0.2) is 4.79 Å². The molecule has 0 radical (unpaired) electrons. The normalized spacial score (nSPS) is 21.7. The summed E-state index contributed by atoms with van der Waals surface area (Å²) in [7, 11) is 0. The minimum atomic E-state index is -1.08. The molecule has 126 valence electrons. The van der Waals surface area contributed by atoms with Crippen LogP contribution in [0.2, 0.25) is 0 Å². The van der Waals surface area contributed by atoms with Gasteiger partial charge in [-0.05, 0) is 30.5 Å². The van der Waals surface area contributed by atoms with Crippen molar-refractivity contribution >= 4 is 23.3 Å². The molecule has 1 saturated heterocycles. The Labute approximate surface area is 143 Å². The maximum Gasteiger partial charge on any atom is 0.325 e. The number of thiophene rings is 1. The first-order valence-electron chi connectivity index (χ1n) is 7.55. The number of carbonyl (C=O) groups excluding carboxylic acids is 2. The smallest absolute Gasteiger partial charge is 0.325 e. The van der Waals surface area contributed by atoms with E-state index >= 15 is 0 Å². The average Bonchev–Trinajstić information content (AvgIpc) is 3.19. The molecule has 1 aromatic heterocycles. The standard InChI is InChI=1S/C17H18N2O4S/c1-17(14-8-5-9-24-14)15(21)19(16(22)18-17)10-12(20)11-23-13-6-3-2-4-7-13/h2-9,12,20H,10-11H2,1H3,(H,18,22)/t12-,17-/m0/s1. The topological polar surface area (TPSA) is 78.9 Å². The largest absolute Gasteiger partial charge is 0.491 e. The molecule has 0 bridgehead atoms. The van der Waals surface area contributed by atoms with E-state index in [0.29, 0.717) is 5.75 Å². The summed E-state index contributed by atoms with van der Waals surface area (Å²) in [6, 6.07) is 12.2. The Balaban J connectivity index is 1.62. The highest BCUT2D eigenvalue weighted by Gasteiger charge is 2.49. The molecule has 0 saturated carbocycles. The first kappa shape index (κ1) is 16.5. The van der Waals surface area contributed by atoms with Crippen LogP contribution in [0.25, 0.3) is 0 Å². The Hall–Kier alpha value is -2.38. The van der Waals surface area contributed by atoms with E-state index in [1.165, 1.54) is 11.3 Å². The van der Waals surface area contributed by atoms with Gasteiger partial charge in [-0.2, -0.15) is 0 Å². The Kier molecular flexibility index (Phi) is 4.55. The summed E-state index contributed by atoms with van der Waals surface area (Å²) < 4.78 is 5.46. The molecular weight excluding hydrogens is 328 g/mol. The first-order chi connectivity index (χ1) is 11.5. The van der Waals surface area contributed by atoms with Crippen LogP contribution in [0.15, 0.2) is 47.8 Å². The lowest BCUT2D eigenvalue weighted by atomic mass is 10.0. The van der Waals surface area contributed by atoms with Gasteiger partial charge < -0.3 is 15.2 Å². The van der Waals surface area contributed by atoms with Crippen LogP contribution in [-0.2, 0) is 10.3 Å². The summed E-state index contributed by atoms with van der Waals surface area (Å²) in [5.74, 6) is 0.255. The third kappa shape index (κ3) is 3.13. The summed E-state index contributed by atoms with van der Waals surface area (Å²) in [5, 5.41) is 14.7. The highest BCUT2D eigenvalue weighted by molar-refractivity contribution is 7.10. The number of hydrogen-bond donors (Lipinski definition) is 2. The van der Waals surface area contributed by atoms with Gasteiger partial charge in [0.05, 0.1) is 6.54 Å². The maximum atomic E-state index is 12.6. The van der Waals surface area contributed by atoms with E-state index < -0.39 is 17.7 Å². The second-order valence-corrected chi connectivity index (χ2v) is 6.67. The zero-order chi connectivity index (χ0) is 17.2. The van der Waals surface area contributed by atoms with Crippen molar-refractivity contribution in [2.45, 2.75) is 18.6 Å². The van der Waals surface area contributed by atoms with Crippen LogP contribution in [0, 0.1) is 0 Å². The van der Waals surface area contributed by atoms with Crippen molar-refractivity contribution in [2.24, 2.45) is 0 Å². The molecule has 0 unspecified atom stereocenters. The fraction of sp³-hybridized carbons (Fsp3) is 0.294. The van der Waals surface area contributed by atoms with Crippen molar-refractivity contribution in [1.82, 2.24) is 10.2 Å². The molecule has 1 aliphatic rings. The summed E-state index contributed by atoms with van der Waals surface area (Å²) in [6.45, 7) is 1.56. The van der Waals surface area contributed by atoms with E-state index in [-0.39, 0.29) is 19.1 Å². The number of imide groups is 1. The van der Waals surface area contributed by atoms with E-state index in [1.807, 2.05) is 29.6 Å². The molecule has 1 fully saturated rings. The van der Waals surface area contributed by atoms with Crippen molar-refractivity contribution < 1.29 is 19.4 Å². The number of nitrogens with one attached hydrogen (secondary N) is 1. The molecule has 1 aliphatic heterocycles. The van der Waals surface area contributed by atoms with Crippen molar-refractivity contribution in [3.63, 3.8) is 0 Å². The fourth-order valence-corrected chi connectivity index (χ4v) is 3.40. The molecular formula is C17H18N2O4S. The van der Waals surface area contributed by atoms with Crippen LogP contribution < -0.4 is 10.1 Å². The van der Waals surface area contributed by atoms with Gasteiger partial charge in [0.25, 0.3) is 5.91 Å². The first-order valence-corrected chi connectivity index (χ1v) is 8.42. The second-order valence-electron chi connectivity index (χ2n) is 5.73. The van der Waals surface area contributed by atoms with Gasteiger partial charge in [-0.15, -0.1) is 11.3 Å². The summed E-state index contributed by atoms with van der Waals surface area (Å²) in [4.78, 5) is 26.6. The van der Waals surface area contributed by atoms with Crippen LogP contribution in [0.5, 0.6) is 5.75 Å². The lowest BCUT2D eigenvalue weighted by Gasteiger charge is -2.21. The Morgan fingerprint density at radius 2 is 2.00 bits per heavy atom. The molecule has 6 nitrogen and oxygen atoms in total. The number of carbonyl (C=O) groups is 2. The molecule has 2 heterocycles. The minimum absolute atomic E-state index is 0.00318. The number of amides is 3. The number of ether oxygens (including phenoxy) is 1. The molecule has 1 aromatic carbocycles. The van der Waals surface area contributed by atoms with Gasteiger partial charge in [0, 0.05) is 4.88 Å². The monoisotopic (exact) mass is 346 g/mol. The zero-order valence-electron chi connectivity index (χ0n) is 13.1. The molecule has 2 N–H and O–H groups in total. The molecule has 0 spiro atoms. The summed E-state index contributed by atoms with van der Waals surface area (Å²) >= 11 is 1.40. The minimum Gasteiger partial charge on any atom is -0.491 e. The average molecular weight is 346 g/mol. The molecule has 2 atom stereocenters. The van der Waals surface area contributed by atoms with Crippen molar-refractivity contribution in [3.05, 3.63) is 52.7 Å². The summed E-state index contributed by atoms with van der Waals surface area (Å²) in [5.41, 5.74) is -1.08. The van der Waals surface area contributed by atoms with Gasteiger partial charge in [-0.1, -0.05) is 24.3 Å². The number of aliphatic hydroxyl groups is 1. The molecule has 2 aromatic rings. The Morgan fingerprint density at radius 1 is 1.25 bits per heavy atom. The van der Waals surface area contributed by atoms with Gasteiger partial charge in [-0.3, -0.25) is 9.69 Å². The summed E-state index contributed by atoms with van der Waals surface area (Å²) in [6.07, 6.45) is -0.967. The number of hydrogen-bond acceptors (Lipinski definition) is 5. The van der Waals surface area contributed by atoms with E-state index in [9.17, 15) is 14.7 Å². The van der Waals surface area contributed by atoms with Gasteiger partial charge in [0.15, 0.2) is 5.54 Å². The van der Waals surface area contributed by atoms with Crippen molar-refractivity contribution in [1.29, 1.82) is 0 Å². The third-order valence-electron chi connectivity index (χ3n) is 3.87. The Bertz CT molecular complexity index is 719. The lowest BCUT2D eigenvalue weighted by molar-refractivity contribution is -0.132. The number of benzene rings is 1. The highest BCUT2D eigenvalue weighted by atomic mass is 32.1. The van der Waals surface area contributed by atoms with E-state index in [1.54, 1.807) is 25.1 Å². The van der Waals surface area contributed by atoms with Crippen LogP contribution in [-0.4, -0.2) is 41.2 Å². The van der Waals surface area contributed by atoms with E-state index in [0.717, 1.165) is 9.78 Å². The number of aliphatic hydroxyl groups excluding tert-OH is 1. The fourth-order valence-electron chi connectivity index (χ4n) is 2.57. The van der Waals surface area contributed by atoms with Crippen molar-refractivity contribution in [3.8, 4) is 5.75 Å². The number of rotatable bonds is 6. The van der Waals surface area contributed by atoms with Gasteiger partial charge in [0.2, 0.25) is 0 Å². The second kappa shape index (κ2) is 6.62. The zero-order valence-corrected chi connectivity index (χ0v) is 14.0. The number of β-amino-alcohol motifs (C(OH)–C–C–N with tert-alkyl or cyclic N) is 1. The molecule has 3 amide bonds. The predicted molar refractivity (Wildman–Crippen MR) is 89.9 cm³/mol. The van der Waals surface area contributed by atoms with Crippen LogP contribution >= 0.6 is 11.3 Å². The van der Waals surface area contributed by atoms with E-state index in [2.05, 4.69) is 5.32 Å². The van der Waals surface area contributed by atoms with Gasteiger partial charge >= 0.3 is 6.03 Å². The predicted octanol–water partition coefficient (Wildman–Crippen LogP) is 1.96. The van der Waals surface area contributed by atoms with E-state index in [4.69, 9.17) is 4.74 Å². The Morgan fingerprint density at radius 3 is 2.67 bits per heavy atom. The van der Waals surface area contributed by atoms with Crippen LogP contribution in [0.4, 0.5) is 4.79 Å². The maximum absolute atomic E-state index is 12.6. The molecule has 24 heavy (non-hydrogen) atoms. The lowest BCUT2D eigenvalue weighted by Crippen LogP contribution is -2.42. The number of para-hydroxylation sites is 1. The molecule has 3 rings (SSSR count). The third-order valence-corrected chi connectivity index (χ3v) is 4.96. The van der Waals surface area contributed by atoms with Crippen LogP contribution in [0.1, 0.15) is 11.8 Å². The SMILES string of the molecule is C[C@@]1(c2cccs2)NC(=O)N(C[C@H](O)COc2ccccc2)C1=O. The number of nitrogens with zero attached hydrogens (tertiary/aromatic N) is 1. The van der Waals surface area contributed by atoms with Crippen molar-refractivity contribution in [2.75, 3.05) is 13.2 Å². The molecule has 7 heteroatoms. The quantitative estimate of drug-likeness (QED) is 0.784. The van der Waals surface area contributed by atoms with Crippen LogP contribution in [0.3, 0.4) is 0 Å². The number of urea groups is 1. The van der Waals surface area contributed by atoms with Gasteiger partial charge in [0.1, 0.15) is 18.5 Å².